The molecule has 0 aromatic carbocycles. The van der Waals surface area contributed by atoms with Gasteiger partial charge in [-0.05, 0) is 53.4 Å². The molecule has 0 N–H and O–H groups in total. The van der Waals surface area contributed by atoms with Crippen LogP contribution in [-0.2, 0) is 19.1 Å². The van der Waals surface area contributed by atoms with Crippen LogP contribution in [0.15, 0.2) is 0 Å². The lowest BCUT2D eigenvalue weighted by atomic mass is 9.71. The van der Waals surface area contributed by atoms with Gasteiger partial charge in [0.15, 0.2) is 0 Å². The molecule has 2 atom stereocenters. The second-order valence-corrected chi connectivity index (χ2v) is 7.83. The molecule has 2 fully saturated rings. The molecule has 0 spiro atoms. The van der Waals surface area contributed by atoms with Gasteiger partial charge in [0, 0.05) is 18.5 Å². The van der Waals surface area contributed by atoms with Crippen molar-refractivity contribution in [2.75, 3.05) is 7.11 Å². The zero-order valence-electron chi connectivity index (χ0n) is 14.7. The van der Waals surface area contributed by atoms with Crippen molar-refractivity contribution in [3.05, 3.63) is 0 Å². The molecule has 130 valence electrons. The Kier molecular flexibility index (Phi) is 4.74. The monoisotopic (exact) mass is 325 g/mol. The summed E-state index contributed by atoms with van der Waals surface area (Å²) in [6.07, 6.45) is 2.45. The van der Waals surface area contributed by atoms with Crippen LogP contribution in [0.3, 0.4) is 0 Å². The Labute approximate surface area is 137 Å². The highest BCUT2D eigenvalue weighted by atomic mass is 16.6. The third-order valence-corrected chi connectivity index (χ3v) is 4.68. The lowest BCUT2D eigenvalue weighted by molar-refractivity contribution is -0.160. The van der Waals surface area contributed by atoms with Gasteiger partial charge in [-0.25, -0.2) is 4.79 Å². The number of ether oxygens (including phenoxy) is 2. The third-order valence-electron chi connectivity index (χ3n) is 4.68. The van der Waals surface area contributed by atoms with E-state index in [4.69, 9.17) is 9.47 Å². The molecule has 2 aliphatic rings. The maximum atomic E-state index is 12.5. The summed E-state index contributed by atoms with van der Waals surface area (Å²) in [7, 11) is 1.35. The van der Waals surface area contributed by atoms with Crippen LogP contribution in [0.1, 0.15) is 59.8 Å². The molecule has 2 bridgehead atoms. The minimum Gasteiger partial charge on any atom is -0.469 e. The molecule has 6 nitrogen and oxygen atoms in total. The largest absolute Gasteiger partial charge is 0.469 e. The first-order chi connectivity index (χ1) is 10.6. The molecular weight excluding hydrogens is 298 g/mol. The van der Waals surface area contributed by atoms with Crippen LogP contribution in [0.5, 0.6) is 0 Å². The summed E-state index contributed by atoms with van der Waals surface area (Å²) in [6.45, 7) is 7.01. The molecule has 23 heavy (non-hydrogen) atoms. The van der Waals surface area contributed by atoms with Crippen molar-refractivity contribution in [2.45, 2.75) is 77.5 Å². The van der Waals surface area contributed by atoms with E-state index in [2.05, 4.69) is 0 Å². The van der Waals surface area contributed by atoms with Crippen LogP contribution in [0.4, 0.5) is 4.79 Å². The van der Waals surface area contributed by atoms with Gasteiger partial charge >= 0.3 is 12.1 Å². The highest BCUT2D eigenvalue weighted by molar-refractivity contribution is 5.86. The van der Waals surface area contributed by atoms with Gasteiger partial charge in [0.1, 0.15) is 11.4 Å². The van der Waals surface area contributed by atoms with Crippen molar-refractivity contribution in [3.8, 4) is 0 Å². The predicted octanol–water partition coefficient (Wildman–Crippen LogP) is 2.69. The van der Waals surface area contributed by atoms with Gasteiger partial charge in [0.05, 0.1) is 12.5 Å². The predicted molar refractivity (Wildman–Crippen MR) is 83.9 cm³/mol. The average molecular weight is 325 g/mol. The van der Waals surface area contributed by atoms with E-state index in [0.717, 1.165) is 12.8 Å². The standard InChI is InChI=1S/C17H27NO5/c1-11(19)8-17(14(20)22-5)9-12-6-7-13(10-17)18(12)15(21)23-16(2,3)4/h12-13H,6-10H2,1-5H3. The number of rotatable bonds is 3. The first kappa shape index (κ1) is 17.8. The molecule has 0 aliphatic carbocycles. The fraction of sp³-hybridized carbons (Fsp3) is 0.824. The molecule has 2 unspecified atom stereocenters. The topological polar surface area (TPSA) is 72.9 Å². The molecule has 2 heterocycles. The number of methoxy groups -OCH3 is 1. The van der Waals surface area contributed by atoms with Crippen LogP contribution in [0, 0.1) is 5.41 Å². The minimum absolute atomic E-state index is 0.0273. The number of amides is 1. The molecule has 1 amide bonds. The number of fused-ring (bicyclic) bond motifs is 2. The number of hydrogen-bond acceptors (Lipinski definition) is 5. The van der Waals surface area contributed by atoms with Crippen LogP contribution < -0.4 is 0 Å². The van der Waals surface area contributed by atoms with Gasteiger partial charge in [-0.1, -0.05) is 0 Å². The van der Waals surface area contributed by atoms with E-state index < -0.39 is 11.0 Å². The number of nitrogens with zero attached hydrogens (tertiary/aromatic N) is 1. The van der Waals surface area contributed by atoms with Crippen LogP contribution in [0.25, 0.3) is 0 Å². The van der Waals surface area contributed by atoms with Crippen molar-refractivity contribution < 1.29 is 23.9 Å². The molecule has 6 heteroatoms. The summed E-state index contributed by atoms with van der Waals surface area (Å²) in [5.74, 6) is -0.367. The normalized spacial score (nSPS) is 30.0. The highest BCUT2D eigenvalue weighted by Gasteiger charge is 2.55. The Balaban J connectivity index is 2.21. The highest BCUT2D eigenvalue weighted by Crippen LogP contribution is 2.48. The lowest BCUT2D eigenvalue weighted by Gasteiger charge is -2.44. The fourth-order valence-corrected chi connectivity index (χ4v) is 4.04. The molecule has 0 aromatic rings. The summed E-state index contributed by atoms with van der Waals surface area (Å²) in [4.78, 5) is 38.2. The third kappa shape index (κ3) is 3.67. The van der Waals surface area contributed by atoms with Crippen molar-refractivity contribution in [1.82, 2.24) is 4.90 Å². The van der Waals surface area contributed by atoms with Gasteiger partial charge in [-0.3, -0.25) is 9.59 Å². The number of esters is 1. The molecule has 2 rings (SSSR count). The van der Waals surface area contributed by atoms with Crippen molar-refractivity contribution in [3.63, 3.8) is 0 Å². The number of piperidine rings is 1. The van der Waals surface area contributed by atoms with Crippen LogP contribution in [0.2, 0.25) is 0 Å². The molecule has 0 saturated carbocycles. The summed E-state index contributed by atoms with van der Waals surface area (Å²) in [5.41, 5.74) is -1.35. The number of ketones is 1. The first-order valence-electron chi connectivity index (χ1n) is 8.17. The van der Waals surface area contributed by atoms with Gasteiger partial charge in [0.25, 0.3) is 0 Å². The average Bonchev–Trinajstić information content (AvgIpc) is 2.68. The molecule has 2 saturated heterocycles. The van der Waals surface area contributed by atoms with Crippen LogP contribution >= 0.6 is 0 Å². The Morgan fingerprint density at radius 2 is 1.65 bits per heavy atom. The summed E-state index contributed by atoms with van der Waals surface area (Å²) < 4.78 is 10.5. The zero-order valence-corrected chi connectivity index (χ0v) is 14.7. The summed E-state index contributed by atoms with van der Waals surface area (Å²) in [5, 5.41) is 0. The van der Waals surface area contributed by atoms with Gasteiger partial charge in [0.2, 0.25) is 0 Å². The van der Waals surface area contributed by atoms with E-state index >= 15 is 0 Å². The second kappa shape index (κ2) is 6.13. The lowest BCUT2D eigenvalue weighted by Crippen LogP contribution is -2.54. The van der Waals surface area contributed by atoms with Gasteiger partial charge in [-0.2, -0.15) is 0 Å². The fourth-order valence-electron chi connectivity index (χ4n) is 4.04. The SMILES string of the molecule is COC(=O)C1(CC(C)=O)CC2CCC(C1)N2C(=O)OC(C)(C)C. The van der Waals surface area contributed by atoms with Gasteiger partial charge in [-0.15, -0.1) is 0 Å². The van der Waals surface area contributed by atoms with E-state index in [9.17, 15) is 14.4 Å². The Bertz CT molecular complexity index is 494. The maximum Gasteiger partial charge on any atom is 0.410 e. The maximum absolute atomic E-state index is 12.5. The summed E-state index contributed by atoms with van der Waals surface area (Å²) >= 11 is 0. The minimum atomic E-state index is -0.801. The van der Waals surface area contributed by atoms with E-state index in [1.54, 1.807) is 4.90 Å². The molecule has 0 aromatic heterocycles. The van der Waals surface area contributed by atoms with E-state index in [0.29, 0.717) is 12.8 Å². The summed E-state index contributed by atoms with van der Waals surface area (Å²) in [6, 6.07) is -0.135. The van der Waals surface area contributed by atoms with Crippen molar-refractivity contribution in [2.24, 2.45) is 5.41 Å². The Morgan fingerprint density at radius 3 is 2.04 bits per heavy atom. The van der Waals surface area contributed by atoms with Crippen LogP contribution in [-0.4, -0.2) is 47.5 Å². The molecular formula is C17H27NO5. The Hall–Kier alpha value is -1.59. The molecule has 0 radical (unpaired) electrons. The zero-order chi connectivity index (χ0) is 17.4. The number of carbonyl (C=O) groups excluding carboxylic acids is 3. The van der Waals surface area contributed by atoms with E-state index in [1.165, 1.54) is 14.0 Å². The van der Waals surface area contributed by atoms with E-state index in [-0.39, 0.29) is 36.4 Å². The number of carbonyl (C=O) groups is 3. The second-order valence-electron chi connectivity index (χ2n) is 7.83. The smallest absolute Gasteiger partial charge is 0.410 e. The van der Waals surface area contributed by atoms with Gasteiger partial charge < -0.3 is 14.4 Å². The quantitative estimate of drug-likeness (QED) is 0.746. The van der Waals surface area contributed by atoms with E-state index in [1.807, 2.05) is 20.8 Å². The van der Waals surface area contributed by atoms with Crippen molar-refractivity contribution >= 4 is 17.8 Å². The number of Topliss-reactive ketones (excluding diaryl/α,β-unsaturated/α-hetero) is 1. The Morgan fingerprint density at radius 1 is 1.13 bits per heavy atom. The molecule has 2 aliphatic heterocycles. The first-order valence-corrected chi connectivity index (χ1v) is 8.17. The number of hydrogen-bond donors (Lipinski definition) is 0. The van der Waals surface area contributed by atoms with Crippen molar-refractivity contribution in [1.29, 1.82) is 0 Å².